The number of halogens is 2. The van der Waals surface area contributed by atoms with Gasteiger partial charge in [-0.3, -0.25) is 0 Å². The molecule has 0 aliphatic rings. The number of fused-ring (bicyclic) bond motifs is 1. The number of rotatable bonds is 5. The molecular weight excluding hydrogens is 328 g/mol. The van der Waals surface area contributed by atoms with Gasteiger partial charge in [0.05, 0.1) is 19.6 Å². The third-order valence-electron chi connectivity index (χ3n) is 4.06. The highest BCUT2D eigenvalue weighted by molar-refractivity contribution is 9.10. The minimum atomic E-state index is 0.511. The molecule has 0 spiro atoms. The summed E-state index contributed by atoms with van der Waals surface area (Å²) in [4.78, 5) is 4.09. The molecule has 2 aromatic heterocycles. The summed E-state index contributed by atoms with van der Waals surface area (Å²) in [5.74, 6) is 0. The molecule has 0 N–H and O–H groups in total. The molecule has 19 heavy (non-hydrogen) atoms. The summed E-state index contributed by atoms with van der Waals surface area (Å²) >= 11 is 9.77. The van der Waals surface area contributed by atoms with Gasteiger partial charge in [-0.15, -0.1) is 0 Å². The molecule has 0 radical (unpaired) electrons. The quantitative estimate of drug-likeness (QED) is 0.775. The summed E-state index contributed by atoms with van der Waals surface area (Å²) in [6.45, 7) is 11.0. The van der Waals surface area contributed by atoms with Crippen LogP contribution in [0.2, 0.25) is 5.15 Å². The molecule has 0 aliphatic heterocycles. The Morgan fingerprint density at radius 3 is 2.47 bits per heavy atom. The number of hydrogen-bond acceptors (Lipinski definition) is 2. The van der Waals surface area contributed by atoms with E-state index in [-0.39, 0.29) is 0 Å². The van der Waals surface area contributed by atoms with Crippen LogP contribution in [0.3, 0.4) is 0 Å². The fourth-order valence-electron chi connectivity index (χ4n) is 2.53. The number of aromatic nitrogens is 3. The van der Waals surface area contributed by atoms with E-state index >= 15 is 0 Å². The summed E-state index contributed by atoms with van der Waals surface area (Å²) in [5, 5.41) is 4.75. The summed E-state index contributed by atoms with van der Waals surface area (Å²) in [7, 11) is 0. The van der Waals surface area contributed by atoms with Gasteiger partial charge in [0.15, 0.2) is 5.15 Å². The van der Waals surface area contributed by atoms with Crippen molar-refractivity contribution in [2.45, 2.75) is 27.3 Å². The summed E-state index contributed by atoms with van der Waals surface area (Å²) in [6, 6.07) is 2.10. The van der Waals surface area contributed by atoms with Gasteiger partial charge in [-0.1, -0.05) is 11.6 Å². The standard InChI is InChI=1S/C13H19BrClN4/c1-4-19(5-2,6-3)8-10-7-11(14)18-12(10)13(15)16-9-17-18/h7,9H,4-6,8H2,1-3H3/q+1. The van der Waals surface area contributed by atoms with Gasteiger partial charge < -0.3 is 4.48 Å². The van der Waals surface area contributed by atoms with Crippen LogP contribution in [-0.4, -0.2) is 38.7 Å². The van der Waals surface area contributed by atoms with Crippen LogP contribution in [0.5, 0.6) is 0 Å². The predicted molar refractivity (Wildman–Crippen MR) is 81.3 cm³/mol. The molecule has 0 aromatic carbocycles. The zero-order valence-corrected chi connectivity index (χ0v) is 13.9. The van der Waals surface area contributed by atoms with Gasteiger partial charge in [-0.05, 0) is 42.8 Å². The lowest BCUT2D eigenvalue weighted by atomic mass is 10.2. The molecule has 0 saturated heterocycles. The predicted octanol–water partition coefficient (Wildman–Crippen LogP) is 3.52. The Balaban J connectivity index is 2.52. The molecule has 0 fully saturated rings. The highest BCUT2D eigenvalue weighted by atomic mass is 79.9. The van der Waals surface area contributed by atoms with Crippen LogP contribution in [0.1, 0.15) is 26.3 Å². The highest BCUT2D eigenvalue weighted by Gasteiger charge is 2.25. The monoisotopic (exact) mass is 345 g/mol. The van der Waals surface area contributed by atoms with E-state index in [1.807, 2.05) is 0 Å². The second kappa shape index (κ2) is 5.77. The topological polar surface area (TPSA) is 30.2 Å². The van der Waals surface area contributed by atoms with E-state index in [2.05, 4.69) is 52.9 Å². The first-order valence-corrected chi connectivity index (χ1v) is 7.75. The molecule has 2 rings (SSSR count). The Morgan fingerprint density at radius 1 is 1.26 bits per heavy atom. The van der Waals surface area contributed by atoms with Crippen molar-refractivity contribution in [3.8, 4) is 0 Å². The average Bonchev–Trinajstić information content (AvgIpc) is 2.74. The fraction of sp³-hybridized carbons (Fsp3) is 0.538. The van der Waals surface area contributed by atoms with Gasteiger partial charge in [-0.25, -0.2) is 9.50 Å². The number of hydrogen-bond donors (Lipinski definition) is 0. The minimum absolute atomic E-state index is 0.511. The molecule has 104 valence electrons. The van der Waals surface area contributed by atoms with Crippen molar-refractivity contribution in [1.29, 1.82) is 0 Å². The van der Waals surface area contributed by atoms with Crippen LogP contribution in [0.15, 0.2) is 17.0 Å². The zero-order valence-electron chi connectivity index (χ0n) is 11.5. The smallest absolute Gasteiger partial charge is 0.157 e. The Hall–Kier alpha value is -0.650. The normalized spacial score (nSPS) is 12.3. The maximum absolute atomic E-state index is 6.23. The highest BCUT2D eigenvalue weighted by Crippen LogP contribution is 2.28. The lowest BCUT2D eigenvalue weighted by Gasteiger charge is -2.35. The Labute approximate surface area is 127 Å². The molecule has 0 aliphatic carbocycles. The molecule has 0 unspecified atom stereocenters. The van der Waals surface area contributed by atoms with E-state index in [1.54, 1.807) is 4.52 Å². The molecule has 0 bridgehead atoms. The lowest BCUT2D eigenvalue weighted by Crippen LogP contribution is -2.46. The molecule has 2 aromatic rings. The lowest BCUT2D eigenvalue weighted by molar-refractivity contribution is -0.936. The van der Waals surface area contributed by atoms with Gasteiger partial charge in [0.1, 0.15) is 23.0 Å². The molecule has 6 heteroatoms. The Bertz CT molecular complexity index is 569. The van der Waals surface area contributed by atoms with E-state index in [9.17, 15) is 0 Å². The van der Waals surface area contributed by atoms with Crippen LogP contribution >= 0.6 is 27.5 Å². The molecule has 4 nitrogen and oxygen atoms in total. The SMILES string of the molecule is CC[N+](CC)(CC)Cc1cc(Br)n2ncnc(Cl)c12. The van der Waals surface area contributed by atoms with E-state index < -0.39 is 0 Å². The minimum Gasteiger partial charge on any atom is -0.320 e. The van der Waals surface area contributed by atoms with Gasteiger partial charge in [-0.2, -0.15) is 5.10 Å². The van der Waals surface area contributed by atoms with Gasteiger partial charge in [0, 0.05) is 5.56 Å². The first-order chi connectivity index (χ1) is 9.06. The van der Waals surface area contributed by atoms with Crippen LogP contribution < -0.4 is 0 Å². The van der Waals surface area contributed by atoms with Crippen molar-refractivity contribution >= 4 is 33.0 Å². The maximum atomic E-state index is 6.23. The van der Waals surface area contributed by atoms with Crippen molar-refractivity contribution in [1.82, 2.24) is 14.6 Å². The molecule has 0 amide bonds. The third-order valence-corrected chi connectivity index (χ3v) is 4.90. The first-order valence-electron chi connectivity index (χ1n) is 6.58. The summed E-state index contributed by atoms with van der Waals surface area (Å²) in [6.07, 6.45) is 1.48. The van der Waals surface area contributed by atoms with E-state index in [0.29, 0.717) is 5.15 Å². The van der Waals surface area contributed by atoms with Crippen LogP contribution in [0.4, 0.5) is 0 Å². The molecular formula is C13H19BrClN4+. The van der Waals surface area contributed by atoms with Gasteiger partial charge >= 0.3 is 0 Å². The first kappa shape index (κ1) is 14.8. The largest absolute Gasteiger partial charge is 0.320 e. The van der Waals surface area contributed by atoms with E-state index in [0.717, 1.165) is 40.8 Å². The van der Waals surface area contributed by atoms with Crippen molar-refractivity contribution in [3.05, 3.63) is 27.7 Å². The zero-order chi connectivity index (χ0) is 14.0. The van der Waals surface area contributed by atoms with Crippen molar-refractivity contribution in [2.24, 2.45) is 0 Å². The van der Waals surface area contributed by atoms with Crippen LogP contribution in [0.25, 0.3) is 5.52 Å². The van der Waals surface area contributed by atoms with E-state index in [1.165, 1.54) is 11.9 Å². The van der Waals surface area contributed by atoms with E-state index in [4.69, 9.17) is 11.6 Å². The van der Waals surface area contributed by atoms with Gasteiger partial charge in [0.2, 0.25) is 0 Å². The van der Waals surface area contributed by atoms with Crippen molar-refractivity contribution in [3.63, 3.8) is 0 Å². The average molecular weight is 347 g/mol. The maximum Gasteiger partial charge on any atom is 0.157 e. The van der Waals surface area contributed by atoms with Crippen LogP contribution in [0, 0.1) is 0 Å². The van der Waals surface area contributed by atoms with Crippen molar-refractivity contribution in [2.75, 3.05) is 19.6 Å². The Morgan fingerprint density at radius 2 is 1.89 bits per heavy atom. The fourth-order valence-corrected chi connectivity index (χ4v) is 3.32. The second-order valence-corrected chi connectivity index (χ2v) is 5.92. The van der Waals surface area contributed by atoms with Crippen LogP contribution in [-0.2, 0) is 6.54 Å². The summed E-state index contributed by atoms with van der Waals surface area (Å²) < 4.78 is 3.76. The van der Waals surface area contributed by atoms with Gasteiger partial charge in [0.25, 0.3) is 0 Å². The number of quaternary nitrogens is 1. The van der Waals surface area contributed by atoms with Crippen molar-refractivity contribution < 1.29 is 4.48 Å². The molecule has 0 atom stereocenters. The molecule has 2 heterocycles. The Kier molecular flexibility index (Phi) is 4.48. The number of nitrogens with zero attached hydrogens (tertiary/aromatic N) is 4. The molecule has 0 saturated carbocycles. The summed E-state index contributed by atoms with van der Waals surface area (Å²) in [5.41, 5.74) is 2.11. The second-order valence-electron chi connectivity index (χ2n) is 4.75. The third kappa shape index (κ3) is 2.64.